The molecule has 174 valence electrons. The average molecular weight is 474 g/mol. The molecule has 0 atom stereocenters. The molecule has 0 aliphatic heterocycles. The zero-order chi connectivity index (χ0) is 24.3. The van der Waals surface area contributed by atoms with Gasteiger partial charge in [-0.3, -0.25) is 14.2 Å². The Hall–Kier alpha value is -3.62. The first kappa shape index (κ1) is 25.0. The van der Waals surface area contributed by atoms with Crippen molar-refractivity contribution < 1.29 is 4.79 Å². The second-order valence-electron chi connectivity index (χ2n) is 7.81. The standard InChI is InChI=1S/C26H27N5O2S/c1-2-3-8-20-11-13-21(14-12-20)31-25(33)22-9-4-5-10-23(22)29-26(31)34-19-24(32)30(17-6-15-27)18-7-16-28/h4-5,9-14H,2-3,6-8,17-19H2,1H3. The van der Waals surface area contributed by atoms with E-state index in [-0.39, 0.29) is 43.2 Å². The van der Waals surface area contributed by atoms with Gasteiger partial charge in [0.25, 0.3) is 5.56 Å². The topological polar surface area (TPSA) is 103 Å². The summed E-state index contributed by atoms with van der Waals surface area (Å²) in [6.07, 6.45) is 3.60. The fourth-order valence-electron chi connectivity index (χ4n) is 3.58. The van der Waals surface area contributed by atoms with E-state index in [1.54, 1.807) is 16.7 Å². The third-order valence-electron chi connectivity index (χ3n) is 5.42. The van der Waals surface area contributed by atoms with Gasteiger partial charge in [0.1, 0.15) is 0 Å². The number of aromatic nitrogens is 2. The summed E-state index contributed by atoms with van der Waals surface area (Å²) < 4.78 is 1.55. The number of hydrogen-bond donors (Lipinski definition) is 0. The van der Waals surface area contributed by atoms with Crippen molar-refractivity contribution in [1.29, 1.82) is 10.5 Å². The number of nitrogens with zero attached hydrogens (tertiary/aromatic N) is 5. The number of carbonyl (C=O) groups is 1. The van der Waals surface area contributed by atoms with Gasteiger partial charge in [0, 0.05) is 13.1 Å². The quantitative estimate of drug-likeness (QED) is 0.301. The maximum atomic E-state index is 13.4. The van der Waals surface area contributed by atoms with Crippen LogP contribution in [0.4, 0.5) is 0 Å². The van der Waals surface area contributed by atoms with E-state index in [2.05, 4.69) is 6.92 Å². The van der Waals surface area contributed by atoms with Crippen molar-refractivity contribution >= 4 is 28.6 Å². The van der Waals surface area contributed by atoms with E-state index in [1.165, 1.54) is 22.2 Å². The smallest absolute Gasteiger partial charge is 0.266 e. The third-order valence-corrected chi connectivity index (χ3v) is 6.35. The van der Waals surface area contributed by atoms with Crippen molar-refractivity contribution in [1.82, 2.24) is 14.5 Å². The van der Waals surface area contributed by atoms with Crippen molar-refractivity contribution in [3.05, 3.63) is 64.4 Å². The number of benzene rings is 2. The Bertz CT molecular complexity index is 1250. The highest BCUT2D eigenvalue weighted by Crippen LogP contribution is 2.22. The van der Waals surface area contributed by atoms with E-state index in [0.29, 0.717) is 21.7 Å². The van der Waals surface area contributed by atoms with Gasteiger partial charge in [0.2, 0.25) is 5.91 Å². The minimum atomic E-state index is -0.195. The van der Waals surface area contributed by atoms with Crippen LogP contribution in [0.3, 0.4) is 0 Å². The van der Waals surface area contributed by atoms with E-state index in [1.807, 2.05) is 48.5 Å². The van der Waals surface area contributed by atoms with Gasteiger partial charge in [0.05, 0.1) is 47.3 Å². The van der Waals surface area contributed by atoms with Crippen molar-refractivity contribution in [2.75, 3.05) is 18.8 Å². The van der Waals surface area contributed by atoms with Crippen molar-refractivity contribution in [3.8, 4) is 17.8 Å². The molecule has 0 bridgehead atoms. The van der Waals surface area contributed by atoms with Gasteiger partial charge in [-0.15, -0.1) is 0 Å². The first-order chi connectivity index (χ1) is 16.6. The van der Waals surface area contributed by atoms with Gasteiger partial charge in [-0.05, 0) is 42.7 Å². The molecule has 1 amide bonds. The molecular weight excluding hydrogens is 446 g/mol. The molecule has 0 unspecified atom stereocenters. The fourth-order valence-corrected chi connectivity index (χ4v) is 4.49. The molecule has 3 aromatic rings. The maximum absolute atomic E-state index is 13.4. The van der Waals surface area contributed by atoms with Crippen molar-refractivity contribution in [2.24, 2.45) is 0 Å². The Morgan fingerprint density at radius 2 is 1.74 bits per heavy atom. The van der Waals surface area contributed by atoms with Gasteiger partial charge in [-0.1, -0.05) is 49.4 Å². The van der Waals surface area contributed by atoms with Gasteiger partial charge in [-0.2, -0.15) is 10.5 Å². The number of thioether (sulfide) groups is 1. The normalized spacial score (nSPS) is 10.6. The molecule has 1 heterocycles. The monoisotopic (exact) mass is 473 g/mol. The Morgan fingerprint density at radius 3 is 2.38 bits per heavy atom. The summed E-state index contributed by atoms with van der Waals surface area (Å²) in [6, 6.07) is 19.1. The number of aryl methyl sites for hydroxylation is 1. The van der Waals surface area contributed by atoms with Crippen LogP contribution in [0.5, 0.6) is 0 Å². The van der Waals surface area contributed by atoms with Crippen LogP contribution in [0.25, 0.3) is 16.6 Å². The average Bonchev–Trinajstić information content (AvgIpc) is 2.86. The minimum Gasteiger partial charge on any atom is -0.340 e. The molecule has 0 aliphatic carbocycles. The number of amides is 1. The van der Waals surface area contributed by atoms with Crippen LogP contribution in [0.1, 0.15) is 38.2 Å². The van der Waals surface area contributed by atoms with Crippen molar-refractivity contribution in [3.63, 3.8) is 0 Å². The summed E-state index contributed by atoms with van der Waals surface area (Å²) in [6.45, 7) is 2.70. The molecule has 0 spiro atoms. The number of nitriles is 2. The first-order valence-electron chi connectivity index (χ1n) is 11.3. The van der Waals surface area contributed by atoms with E-state index in [0.717, 1.165) is 19.3 Å². The predicted octanol–water partition coefficient (Wildman–Crippen LogP) is 4.48. The number of carbonyl (C=O) groups excluding carboxylic acids is 1. The molecule has 0 saturated carbocycles. The van der Waals surface area contributed by atoms with Gasteiger partial charge in [0.15, 0.2) is 5.16 Å². The summed E-state index contributed by atoms with van der Waals surface area (Å²) in [5.74, 6) is -0.143. The van der Waals surface area contributed by atoms with Gasteiger partial charge in [-0.25, -0.2) is 4.98 Å². The fraction of sp³-hybridized carbons (Fsp3) is 0.346. The zero-order valence-corrected chi connectivity index (χ0v) is 20.1. The summed E-state index contributed by atoms with van der Waals surface area (Å²) in [5.41, 5.74) is 2.29. The summed E-state index contributed by atoms with van der Waals surface area (Å²) in [4.78, 5) is 32.5. The second-order valence-corrected chi connectivity index (χ2v) is 8.75. The summed E-state index contributed by atoms with van der Waals surface area (Å²) >= 11 is 1.19. The highest BCUT2D eigenvalue weighted by Gasteiger charge is 2.18. The van der Waals surface area contributed by atoms with Gasteiger partial charge >= 0.3 is 0 Å². The van der Waals surface area contributed by atoms with E-state index in [4.69, 9.17) is 15.5 Å². The molecule has 0 aliphatic rings. The molecule has 8 heteroatoms. The molecule has 3 rings (SSSR count). The molecule has 34 heavy (non-hydrogen) atoms. The second kappa shape index (κ2) is 12.6. The number of unbranched alkanes of at least 4 members (excludes halogenated alkanes) is 1. The van der Waals surface area contributed by atoms with Crippen LogP contribution in [-0.4, -0.2) is 39.2 Å². The lowest BCUT2D eigenvalue weighted by Crippen LogP contribution is -2.34. The highest BCUT2D eigenvalue weighted by atomic mass is 32.2. The Kier molecular flexibility index (Phi) is 9.25. The van der Waals surface area contributed by atoms with Crippen LogP contribution < -0.4 is 5.56 Å². The number of fused-ring (bicyclic) bond motifs is 1. The largest absolute Gasteiger partial charge is 0.340 e. The van der Waals surface area contributed by atoms with E-state index in [9.17, 15) is 9.59 Å². The van der Waals surface area contributed by atoms with Crippen LogP contribution in [-0.2, 0) is 11.2 Å². The molecule has 0 radical (unpaired) electrons. The van der Waals surface area contributed by atoms with Crippen LogP contribution in [0, 0.1) is 22.7 Å². The number of rotatable bonds is 11. The predicted molar refractivity (Wildman–Crippen MR) is 134 cm³/mol. The van der Waals surface area contributed by atoms with E-state index >= 15 is 0 Å². The molecule has 2 aromatic carbocycles. The Balaban J connectivity index is 1.93. The highest BCUT2D eigenvalue weighted by molar-refractivity contribution is 7.99. The molecular formula is C26H27N5O2S. The Labute approximate surface area is 203 Å². The molecule has 0 N–H and O–H groups in total. The number of para-hydroxylation sites is 1. The van der Waals surface area contributed by atoms with Crippen LogP contribution in [0.15, 0.2) is 58.5 Å². The van der Waals surface area contributed by atoms with E-state index < -0.39 is 0 Å². The van der Waals surface area contributed by atoms with Gasteiger partial charge < -0.3 is 4.90 Å². The lowest BCUT2D eigenvalue weighted by molar-refractivity contribution is -0.128. The Morgan fingerprint density at radius 1 is 1.06 bits per heavy atom. The first-order valence-corrected chi connectivity index (χ1v) is 12.3. The maximum Gasteiger partial charge on any atom is 0.266 e. The summed E-state index contributed by atoms with van der Waals surface area (Å²) in [5, 5.41) is 18.7. The molecule has 0 saturated heterocycles. The van der Waals surface area contributed by atoms with Crippen molar-refractivity contribution in [2.45, 2.75) is 44.2 Å². The molecule has 0 fully saturated rings. The number of hydrogen-bond acceptors (Lipinski definition) is 6. The third kappa shape index (κ3) is 6.24. The molecule has 7 nitrogen and oxygen atoms in total. The zero-order valence-electron chi connectivity index (χ0n) is 19.2. The lowest BCUT2D eigenvalue weighted by Gasteiger charge is -2.20. The lowest BCUT2D eigenvalue weighted by atomic mass is 10.1. The summed E-state index contributed by atoms with van der Waals surface area (Å²) in [7, 11) is 0. The van der Waals surface area contributed by atoms with Crippen LogP contribution >= 0.6 is 11.8 Å². The van der Waals surface area contributed by atoms with Crippen LogP contribution in [0.2, 0.25) is 0 Å². The minimum absolute atomic E-state index is 0.0518. The molecule has 1 aromatic heterocycles. The SMILES string of the molecule is CCCCc1ccc(-n2c(SCC(=O)N(CCC#N)CCC#N)nc3ccccc3c2=O)cc1.